The molecule has 0 saturated carbocycles. The molecule has 1 amide bonds. The highest BCUT2D eigenvalue weighted by molar-refractivity contribution is 7.08. The van der Waals surface area contributed by atoms with Crippen LogP contribution in [0.2, 0.25) is 0 Å². The SMILES string of the molecule is Cc1cscc1C(=O)NC(CCO)C(C)C. The minimum Gasteiger partial charge on any atom is -0.396 e. The molecule has 0 aliphatic heterocycles. The molecule has 1 atom stereocenters. The highest BCUT2D eigenvalue weighted by Gasteiger charge is 2.17. The van der Waals surface area contributed by atoms with Crippen molar-refractivity contribution in [2.75, 3.05) is 6.61 Å². The first-order chi connectivity index (χ1) is 7.56. The average Bonchev–Trinajstić information content (AvgIpc) is 2.63. The van der Waals surface area contributed by atoms with Crippen LogP contribution in [0.3, 0.4) is 0 Å². The van der Waals surface area contributed by atoms with E-state index < -0.39 is 0 Å². The predicted octanol–water partition coefficient (Wildman–Crippen LogP) is 2.19. The molecule has 1 unspecified atom stereocenters. The van der Waals surface area contributed by atoms with Crippen LogP contribution in [0.15, 0.2) is 10.8 Å². The molecule has 90 valence electrons. The van der Waals surface area contributed by atoms with E-state index >= 15 is 0 Å². The number of aryl methyl sites for hydroxylation is 1. The minimum atomic E-state index is -0.0362. The van der Waals surface area contributed by atoms with Gasteiger partial charge in [-0.1, -0.05) is 13.8 Å². The summed E-state index contributed by atoms with van der Waals surface area (Å²) < 4.78 is 0. The summed E-state index contributed by atoms with van der Waals surface area (Å²) in [6, 6.07) is 0.0387. The highest BCUT2D eigenvalue weighted by atomic mass is 32.1. The van der Waals surface area contributed by atoms with Gasteiger partial charge in [0.1, 0.15) is 0 Å². The van der Waals surface area contributed by atoms with Crippen molar-refractivity contribution in [3.05, 3.63) is 21.9 Å². The second-order valence-corrected chi connectivity index (χ2v) is 5.05. The maximum absolute atomic E-state index is 11.9. The molecule has 1 aromatic heterocycles. The molecule has 0 radical (unpaired) electrons. The first-order valence-corrected chi connectivity index (χ1v) is 6.45. The Morgan fingerprint density at radius 2 is 2.19 bits per heavy atom. The van der Waals surface area contributed by atoms with Gasteiger partial charge in [-0.05, 0) is 30.2 Å². The zero-order valence-corrected chi connectivity index (χ0v) is 10.8. The normalized spacial score (nSPS) is 12.8. The molecule has 4 heteroatoms. The summed E-state index contributed by atoms with van der Waals surface area (Å²) in [6.07, 6.45) is 0.604. The van der Waals surface area contributed by atoms with Crippen molar-refractivity contribution in [2.45, 2.75) is 33.2 Å². The largest absolute Gasteiger partial charge is 0.396 e. The van der Waals surface area contributed by atoms with E-state index in [-0.39, 0.29) is 18.6 Å². The van der Waals surface area contributed by atoms with Crippen molar-refractivity contribution >= 4 is 17.2 Å². The Morgan fingerprint density at radius 1 is 1.50 bits per heavy atom. The molecule has 2 N–H and O–H groups in total. The fourth-order valence-corrected chi connectivity index (χ4v) is 2.38. The molecule has 1 heterocycles. The monoisotopic (exact) mass is 241 g/mol. The molecular formula is C12H19NO2S. The second-order valence-electron chi connectivity index (χ2n) is 4.30. The number of amides is 1. The summed E-state index contributed by atoms with van der Waals surface area (Å²) in [5.74, 6) is 0.293. The average molecular weight is 241 g/mol. The Morgan fingerprint density at radius 3 is 2.62 bits per heavy atom. The predicted molar refractivity (Wildman–Crippen MR) is 66.9 cm³/mol. The van der Waals surface area contributed by atoms with Crippen LogP contribution in [-0.2, 0) is 0 Å². The van der Waals surface area contributed by atoms with E-state index in [1.165, 1.54) is 11.3 Å². The number of nitrogens with one attached hydrogen (secondary N) is 1. The number of aliphatic hydroxyl groups is 1. The van der Waals surface area contributed by atoms with Crippen LogP contribution in [0.1, 0.15) is 36.2 Å². The van der Waals surface area contributed by atoms with E-state index in [0.717, 1.165) is 11.1 Å². The smallest absolute Gasteiger partial charge is 0.252 e. The lowest BCUT2D eigenvalue weighted by Gasteiger charge is -2.21. The molecule has 1 aromatic rings. The first-order valence-electron chi connectivity index (χ1n) is 5.50. The third-order valence-corrected chi connectivity index (χ3v) is 3.52. The summed E-state index contributed by atoms with van der Waals surface area (Å²) >= 11 is 1.53. The van der Waals surface area contributed by atoms with Gasteiger partial charge >= 0.3 is 0 Å². The van der Waals surface area contributed by atoms with E-state index in [0.29, 0.717) is 12.3 Å². The van der Waals surface area contributed by atoms with Crippen molar-refractivity contribution in [2.24, 2.45) is 5.92 Å². The topological polar surface area (TPSA) is 49.3 Å². The van der Waals surface area contributed by atoms with Gasteiger partial charge in [-0.25, -0.2) is 0 Å². The fraction of sp³-hybridized carbons (Fsp3) is 0.583. The Kier molecular flexibility index (Phi) is 4.96. The van der Waals surface area contributed by atoms with Gasteiger partial charge < -0.3 is 10.4 Å². The van der Waals surface area contributed by atoms with Crippen LogP contribution in [0.4, 0.5) is 0 Å². The third-order valence-electron chi connectivity index (χ3n) is 2.66. The second kappa shape index (κ2) is 6.01. The zero-order chi connectivity index (χ0) is 12.1. The maximum Gasteiger partial charge on any atom is 0.252 e. The fourth-order valence-electron chi connectivity index (χ4n) is 1.55. The number of rotatable bonds is 5. The van der Waals surface area contributed by atoms with Crippen LogP contribution < -0.4 is 5.32 Å². The van der Waals surface area contributed by atoms with Gasteiger partial charge in [0.2, 0.25) is 0 Å². The van der Waals surface area contributed by atoms with Gasteiger partial charge in [-0.2, -0.15) is 11.3 Å². The Balaban J connectivity index is 2.65. The summed E-state index contributed by atoms with van der Waals surface area (Å²) in [5, 5.41) is 15.7. The van der Waals surface area contributed by atoms with Crippen molar-refractivity contribution in [1.82, 2.24) is 5.32 Å². The molecule has 0 bridgehead atoms. The van der Waals surface area contributed by atoms with E-state index in [2.05, 4.69) is 5.32 Å². The van der Waals surface area contributed by atoms with Gasteiger partial charge in [-0.3, -0.25) is 4.79 Å². The lowest BCUT2D eigenvalue weighted by molar-refractivity contribution is 0.0916. The molecule has 0 aromatic carbocycles. The molecule has 0 fully saturated rings. The lowest BCUT2D eigenvalue weighted by atomic mass is 10.0. The van der Waals surface area contributed by atoms with Gasteiger partial charge in [0.15, 0.2) is 0 Å². The first kappa shape index (κ1) is 13.2. The summed E-state index contributed by atoms with van der Waals surface area (Å²) in [4.78, 5) is 11.9. The number of carbonyl (C=O) groups excluding carboxylic acids is 1. The number of hydrogen-bond acceptors (Lipinski definition) is 3. The summed E-state index contributed by atoms with van der Waals surface area (Å²) in [6.45, 7) is 6.12. The quantitative estimate of drug-likeness (QED) is 0.830. The van der Waals surface area contributed by atoms with Crippen LogP contribution in [0.5, 0.6) is 0 Å². The highest BCUT2D eigenvalue weighted by Crippen LogP contribution is 2.15. The molecule has 16 heavy (non-hydrogen) atoms. The number of hydrogen-bond donors (Lipinski definition) is 2. The van der Waals surface area contributed by atoms with Gasteiger partial charge in [0, 0.05) is 18.0 Å². The molecule has 0 saturated heterocycles. The molecule has 0 aliphatic rings. The number of aliphatic hydroxyl groups excluding tert-OH is 1. The van der Waals surface area contributed by atoms with Gasteiger partial charge in [0.25, 0.3) is 5.91 Å². The van der Waals surface area contributed by atoms with E-state index in [4.69, 9.17) is 5.11 Å². The third kappa shape index (κ3) is 3.32. The standard InChI is InChI=1S/C12H19NO2S/c1-8(2)11(4-5-14)13-12(15)10-7-16-6-9(10)3/h6-8,11,14H,4-5H2,1-3H3,(H,13,15). The van der Waals surface area contributed by atoms with Crippen molar-refractivity contribution in [3.8, 4) is 0 Å². The minimum absolute atomic E-state index is 0.0362. The van der Waals surface area contributed by atoms with E-state index in [1.807, 2.05) is 31.5 Å². The van der Waals surface area contributed by atoms with Crippen LogP contribution in [0.25, 0.3) is 0 Å². The van der Waals surface area contributed by atoms with Crippen molar-refractivity contribution < 1.29 is 9.90 Å². The lowest BCUT2D eigenvalue weighted by Crippen LogP contribution is -2.39. The molecule has 3 nitrogen and oxygen atoms in total. The Bertz CT molecular complexity index is 347. The molecule has 0 aliphatic carbocycles. The van der Waals surface area contributed by atoms with Gasteiger partial charge in [-0.15, -0.1) is 0 Å². The molecular weight excluding hydrogens is 222 g/mol. The van der Waals surface area contributed by atoms with E-state index in [9.17, 15) is 4.79 Å². The zero-order valence-electron chi connectivity index (χ0n) is 9.99. The van der Waals surface area contributed by atoms with E-state index in [1.54, 1.807) is 0 Å². The molecule has 0 spiro atoms. The van der Waals surface area contributed by atoms with Crippen molar-refractivity contribution in [1.29, 1.82) is 0 Å². The van der Waals surface area contributed by atoms with Crippen molar-refractivity contribution in [3.63, 3.8) is 0 Å². The Hall–Kier alpha value is -0.870. The summed E-state index contributed by atoms with van der Waals surface area (Å²) in [7, 11) is 0. The van der Waals surface area contributed by atoms with Crippen LogP contribution >= 0.6 is 11.3 Å². The Labute approximate surface area is 100 Å². The van der Waals surface area contributed by atoms with Gasteiger partial charge in [0.05, 0.1) is 5.56 Å². The molecule has 1 rings (SSSR count). The van der Waals surface area contributed by atoms with Crippen LogP contribution in [0, 0.1) is 12.8 Å². The maximum atomic E-state index is 11.9. The summed E-state index contributed by atoms with van der Waals surface area (Å²) in [5.41, 5.74) is 1.75. The number of carbonyl (C=O) groups is 1. The van der Waals surface area contributed by atoms with Crippen LogP contribution in [-0.4, -0.2) is 23.7 Å². The number of thiophene rings is 1.